The van der Waals surface area contributed by atoms with Gasteiger partial charge in [0.15, 0.2) is 0 Å². The zero-order valence-electron chi connectivity index (χ0n) is 18.7. The maximum absolute atomic E-state index is 13.1. The van der Waals surface area contributed by atoms with Gasteiger partial charge in [-0.3, -0.25) is 9.59 Å². The lowest BCUT2D eigenvalue weighted by Crippen LogP contribution is -2.35. The smallest absolute Gasteiger partial charge is 0.252 e. The number of hydrogen-bond donors (Lipinski definition) is 2. The number of carbonyl (C=O) groups is 1. The topological polar surface area (TPSA) is 99.3 Å². The highest BCUT2D eigenvalue weighted by Gasteiger charge is 2.27. The van der Waals surface area contributed by atoms with E-state index in [1.807, 2.05) is 37.3 Å². The van der Waals surface area contributed by atoms with Crippen molar-refractivity contribution in [2.24, 2.45) is 0 Å². The fraction of sp³-hybridized carbons (Fsp3) is 0.360. The van der Waals surface area contributed by atoms with E-state index in [4.69, 9.17) is 0 Å². The van der Waals surface area contributed by atoms with Crippen molar-refractivity contribution < 1.29 is 13.2 Å². The zero-order chi connectivity index (χ0) is 23.4. The Hall–Kier alpha value is -2.97. The molecule has 7 nitrogen and oxygen atoms in total. The third-order valence-corrected chi connectivity index (χ3v) is 7.99. The fourth-order valence-electron chi connectivity index (χ4n) is 4.24. The Morgan fingerprint density at radius 3 is 2.52 bits per heavy atom. The van der Waals surface area contributed by atoms with Crippen LogP contribution in [0.15, 0.2) is 64.3 Å². The summed E-state index contributed by atoms with van der Waals surface area (Å²) in [6.07, 6.45) is 4.27. The number of aromatic nitrogens is 1. The molecule has 33 heavy (non-hydrogen) atoms. The van der Waals surface area contributed by atoms with Gasteiger partial charge in [-0.25, -0.2) is 8.42 Å². The normalized spacial score (nSPS) is 15.9. The summed E-state index contributed by atoms with van der Waals surface area (Å²) >= 11 is 0. The first-order valence-corrected chi connectivity index (χ1v) is 12.8. The molecule has 174 valence electrons. The molecule has 1 saturated heterocycles. The van der Waals surface area contributed by atoms with Gasteiger partial charge in [0.2, 0.25) is 15.6 Å². The number of piperidine rings is 1. The maximum atomic E-state index is 13.1. The van der Waals surface area contributed by atoms with Gasteiger partial charge in [-0.15, -0.1) is 0 Å². The molecular formula is C25H29N3O4S. The third kappa shape index (κ3) is 5.34. The molecule has 1 aromatic heterocycles. The van der Waals surface area contributed by atoms with E-state index in [-0.39, 0.29) is 22.4 Å². The lowest BCUT2D eigenvalue weighted by molar-refractivity contribution is 0.0940. The summed E-state index contributed by atoms with van der Waals surface area (Å²) in [7, 11) is -3.66. The fourth-order valence-corrected chi connectivity index (χ4v) is 5.78. The van der Waals surface area contributed by atoms with Crippen LogP contribution in [0.3, 0.4) is 0 Å². The van der Waals surface area contributed by atoms with E-state index in [0.29, 0.717) is 24.0 Å². The van der Waals surface area contributed by atoms with E-state index in [1.165, 1.54) is 28.1 Å². The Morgan fingerprint density at radius 1 is 1.06 bits per heavy atom. The average molecular weight is 468 g/mol. The van der Waals surface area contributed by atoms with Crippen LogP contribution in [0.2, 0.25) is 0 Å². The predicted octanol–water partition coefficient (Wildman–Crippen LogP) is 3.45. The Balaban J connectivity index is 1.59. The molecular weight excluding hydrogens is 438 g/mol. The number of benzene rings is 2. The van der Waals surface area contributed by atoms with Gasteiger partial charge in [0, 0.05) is 36.1 Å². The van der Waals surface area contributed by atoms with E-state index in [1.54, 1.807) is 6.07 Å². The first kappa shape index (κ1) is 23.2. The van der Waals surface area contributed by atoms with Crippen LogP contribution < -0.4 is 10.9 Å². The van der Waals surface area contributed by atoms with E-state index >= 15 is 0 Å². The second-order valence-corrected chi connectivity index (χ2v) is 10.6. The first-order chi connectivity index (χ1) is 15.8. The molecule has 1 amide bonds. The molecule has 2 heterocycles. The largest absolute Gasteiger partial charge is 0.350 e. The monoisotopic (exact) mass is 467 g/mol. The second-order valence-electron chi connectivity index (χ2n) is 8.62. The standard InChI is InChI=1S/C25H29N3O4S/c1-18(10-11-19-8-4-2-5-9-19)26-25(30)22-17-24(29)27-23-13-12-20(16-21(22)23)33(31,32)28-14-6-3-7-15-28/h2,4-5,8-9,12-13,16-18H,3,6-7,10-11,14-15H2,1H3,(H,26,30)(H,27,29)/t18-/m0/s1. The molecule has 0 spiro atoms. The molecule has 1 aliphatic heterocycles. The highest BCUT2D eigenvalue weighted by atomic mass is 32.2. The van der Waals surface area contributed by atoms with Gasteiger partial charge in [0.25, 0.3) is 5.91 Å². The lowest BCUT2D eigenvalue weighted by atomic mass is 10.0. The first-order valence-electron chi connectivity index (χ1n) is 11.4. The number of nitrogens with zero attached hydrogens (tertiary/aromatic N) is 1. The van der Waals surface area contributed by atoms with Crippen molar-refractivity contribution in [1.29, 1.82) is 0 Å². The number of aryl methyl sites for hydroxylation is 1. The van der Waals surface area contributed by atoms with Crippen molar-refractivity contribution in [2.45, 2.75) is 50.0 Å². The van der Waals surface area contributed by atoms with Crippen molar-refractivity contribution in [2.75, 3.05) is 13.1 Å². The van der Waals surface area contributed by atoms with Gasteiger partial charge in [-0.2, -0.15) is 4.31 Å². The van der Waals surface area contributed by atoms with E-state index < -0.39 is 15.6 Å². The zero-order valence-corrected chi connectivity index (χ0v) is 19.5. The predicted molar refractivity (Wildman–Crippen MR) is 129 cm³/mol. The molecule has 4 rings (SSSR count). The number of sulfonamides is 1. The average Bonchev–Trinajstić information content (AvgIpc) is 2.83. The summed E-state index contributed by atoms with van der Waals surface area (Å²) in [5.41, 5.74) is 1.39. The van der Waals surface area contributed by atoms with Crippen LogP contribution in [-0.4, -0.2) is 42.7 Å². The SMILES string of the molecule is C[C@@H](CCc1ccccc1)NC(=O)c1cc(=O)[nH]c2ccc(S(=O)(=O)N3CCCCC3)cc12. The summed E-state index contributed by atoms with van der Waals surface area (Å²) in [6, 6.07) is 15.7. The minimum absolute atomic E-state index is 0.118. The van der Waals surface area contributed by atoms with Crippen LogP contribution in [-0.2, 0) is 16.4 Å². The number of nitrogens with one attached hydrogen (secondary N) is 2. The van der Waals surface area contributed by atoms with Crippen molar-refractivity contribution in [3.8, 4) is 0 Å². The number of hydrogen-bond acceptors (Lipinski definition) is 4. The number of amides is 1. The molecule has 0 saturated carbocycles. The lowest BCUT2D eigenvalue weighted by Gasteiger charge is -2.26. The number of fused-ring (bicyclic) bond motifs is 1. The van der Waals surface area contributed by atoms with Gasteiger partial charge >= 0.3 is 0 Å². The molecule has 0 bridgehead atoms. The quantitative estimate of drug-likeness (QED) is 0.556. The molecule has 0 unspecified atom stereocenters. The molecule has 8 heteroatoms. The van der Waals surface area contributed by atoms with Gasteiger partial charge in [0.05, 0.1) is 10.5 Å². The molecule has 2 N–H and O–H groups in total. The minimum Gasteiger partial charge on any atom is -0.350 e. The third-order valence-electron chi connectivity index (χ3n) is 6.10. The second kappa shape index (κ2) is 9.89. The van der Waals surface area contributed by atoms with Crippen molar-refractivity contribution in [1.82, 2.24) is 14.6 Å². The van der Waals surface area contributed by atoms with Crippen LogP contribution in [0.5, 0.6) is 0 Å². The molecule has 1 aliphatic rings. The number of carbonyl (C=O) groups excluding carboxylic acids is 1. The number of rotatable bonds is 7. The van der Waals surface area contributed by atoms with E-state index in [0.717, 1.165) is 32.1 Å². The van der Waals surface area contributed by atoms with Gasteiger partial charge in [-0.05, 0) is 56.4 Å². The molecule has 1 fully saturated rings. The molecule has 2 aromatic carbocycles. The van der Waals surface area contributed by atoms with Crippen LogP contribution in [0.1, 0.15) is 48.5 Å². The van der Waals surface area contributed by atoms with Gasteiger partial charge < -0.3 is 10.3 Å². The summed E-state index contributed by atoms with van der Waals surface area (Å²) in [5, 5.41) is 3.37. The number of H-pyrrole nitrogens is 1. The Labute approximate surface area is 193 Å². The Kier molecular flexibility index (Phi) is 6.95. The maximum Gasteiger partial charge on any atom is 0.252 e. The minimum atomic E-state index is -3.66. The van der Waals surface area contributed by atoms with E-state index in [2.05, 4.69) is 10.3 Å². The van der Waals surface area contributed by atoms with Crippen LogP contribution in [0.4, 0.5) is 0 Å². The van der Waals surface area contributed by atoms with Crippen LogP contribution in [0, 0.1) is 0 Å². The van der Waals surface area contributed by atoms with Gasteiger partial charge in [-0.1, -0.05) is 36.8 Å². The van der Waals surface area contributed by atoms with Crippen LogP contribution in [0.25, 0.3) is 10.9 Å². The Morgan fingerprint density at radius 2 is 1.79 bits per heavy atom. The summed E-state index contributed by atoms with van der Waals surface area (Å²) in [4.78, 5) is 28.1. The number of aromatic amines is 1. The highest BCUT2D eigenvalue weighted by molar-refractivity contribution is 7.89. The van der Waals surface area contributed by atoms with Crippen molar-refractivity contribution in [3.05, 3.63) is 76.1 Å². The summed E-state index contributed by atoms with van der Waals surface area (Å²) < 4.78 is 27.8. The molecule has 0 aliphatic carbocycles. The van der Waals surface area contributed by atoms with Crippen molar-refractivity contribution >= 4 is 26.8 Å². The molecule has 3 aromatic rings. The molecule has 1 atom stereocenters. The van der Waals surface area contributed by atoms with E-state index in [9.17, 15) is 18.0 Å². The molecule has 0 radical (unpaired) electrons. The highest BCUT2D eigenvalue weighted by Crippen LogP contribution is 2.25. The Bertz CT molecular complexity index is 1300. The van der Waals surface area contributed by atoms with Crippen molar-refractivity contribution in [3.63, 3.8) is 0 Å². The van der Waals surface area contributed by atoms with Gasteiger partial charge in [0.1, 0.15) is 0 Å². The number of pyridine rings is 1. The summed E-state index contributed by atoms with van der Waals surface area (Å²) in [5.74, 6) is -0.390. The van der Waals surface area contributed by atoms with Crippen LogP contribution >= 0.6 is 0 Å². The summed E-state index contributed by atoms with van der Waals surface area (Å²) in [6.45, 7) is 2.92.